The zero-order valence-corrected chi connectivity index (χ0v) is 42.0. The van der Waals surface area contributed by atoms with Crippen LogP contribution in [-0.2, 0) is 32.7 Å². The third-order valence-electron chi connectivity index (χ3n) is 11.2. The summed E-state index contributed by atoms with van der Waals surface area (Å²) in [6, 6.07) is 0. The van der Waals surface area contributed by atoms with E-state index in [2.05, 4.69) is 50.3 Å². The summed E-state index contributed by atoms with van der Waals surface area (Å²) in [4.78, 5) is 35.1. The van der Waals surface area contributed by atoms with Gasteiger partial charge in [-0.2, -0.15) is 0 Å². The van der Waals surface area contributed by atoms with E-state index in [0.717, 1.165) is 57.8 Å². The molecule has 364 valence electrons. The molecule has 9 nitrogen and oxygen atoms in total. The summed E-state index contributed by atoms with van der Waals surface area (Å²) in [5.74, 6) is -0.805. The van der Waals surface area contributed by atoms with Gasteiger partial charge in [-0.15, -0.1) is 0 Å². The van der Waals surface area contributed by atoms with Crippen LogP contribution in [0.15, 0.2) is 36.5 Å². The number of hydrogen-bond acceptors (Lipinski definition) is 7. The van der Waals surface area contributed by atoms with Gasteiger partial charge in [-0.05, 0) is 51.4 Å². The number of carbonyl (C=O) groups is 2. The fraction of sp³-hybridized carbons (Fsp3) is 0.846. The van der Waals surface area contributed by atoms with Crippen molar-refractivity contribution in [1.82, 2.24) is 0 Å². The van der Waals surface area contributed by atoms with E-state index in [4.69, 9.17) is 18.5 Å². The van der Waals surface area contributed by atoms with Crippen molar-refractivity contribution in [1.29, 1.82) is 0 Å². The highest BCUT2D eigenvalue weighted by molar-refractivity contribution is 7.47. The van der Waals surface area contributed by atoms with Crippen molar-refractivity contribution >= 4 is 19.8 Å². The predicted octanol–water partition coefficient (Wildman–Crippen LogP) is 15.3. The minimum atomic E-state index is -4.36. The maximum atomic E-state index is 12.7. The number of quaternary nitrogens is 1. The summed E-state index contributed by atoms with van der Waals surface area (Å²) in [7, 11) is 1.48. The average Bonchev–Trinajstić information content (AvgIpc) is 3.22. The van der Waals surface area contributed by atoms with Crippen LogP contribution in [0.3, 0.4) is 0 Å². The number of phosphoric ester groups is 1. The monoisotopic (exact) mass is 897 g/mol. The lowest BCUT2D eigenvalue weighted by molar-refractivity contribution is -0.870. The van der Waals surface area contributed by atoms with Gasteiger partial charge in [0.25, 0.3) is 0 Å². The van der Waals surface area contributed by atoms with Crippen molar-refractivity contribution < 1.29 is 42.1 Å². The SMILES string of the molecule is CCCCCCC/C=C\C/C=C\C/C=C\CCCCCCCCCCCCCCCCCCCCC(=O)OC(COC(=O)CCCCCCC)COP(=O)(O)OCC[N+](C)(C)C. The van der Waals surface area contributed by atoms with Crippen molar-refractivity contribution in [2.45, 2.75) is 238 Å². The molecule has 0 saturated carbocycles. The highest BCUT2D eigenvalue weighted by Gasteiger charge is 2.27. The van der Waals surface area contributed by atoms with Gasteiger partial charge in [-0.1, -0.05) is 204 Å². The average molecular weight is 897 g/mol. The number of phosphoric acid groups is 1. The molecule has 0 fully saturated rings. The van der Waals surface area contributed by atoms with Crippen LogP contribution >= 0.6 is 7.82 Å². The molecule has 0 aromatic carbocycles. The molecule has 0 spiro atoms. The van der Waals surface area contributed by atoms with Gasteiger partial charge in [-0.3, -0.25) is 18.6 Å². The largest absolute Gasteiger partial charge is 0.472 e. The molecule has 0 aliphatic rings. The van der Waals surface area contributed by atoms with Gasteiger partial charge in [0, 0.05) is 12.8 Å². The normalized spacial score (nSPS) is 13.7. The molecule has 0 aliphatic heterocycles. The summed E-state index contributed by atoms with van der Waals surface area (Å²) >= 11 is 0. The molecule has 62 heavy (non-hydrogen) atoms. The summed E-state index contributed by atoms with van der Waals surface area (Å²) in [5.41, 5.74) is 0. The van der Waals surface area contributed by atoms with Gasteiger partial charge in [0.15, 0.2) is 6.10 Å². The van der Waals surface area contributed by atoms with Gasteiger partial charge in [-0.25, -0.2) is 4.57 Å². The highest BCUT2D eigenvalue weighted by atomic mass is 31.2. The molecule has 0 rings (SSSR count). The summed E-state index contributed by atoms with van der Waals surface area (Å²) in [6.07, 6.45) is 52.7. The Bertz CT molecular complexity index is 1150. The van der Waals surface area contributed by atoms with Crippen LogP contribution in [0.4, 0.5) is 0 Å². The number of esters is 2. The molecule has 0 aromatic heterocycles. The molecule has 0 aromatic rings. The third-order valence-corrected chi connectivity index (χ3v) is 12.2. The Kier molecular flexibility index (Phi) is 43.2. The lowest BCUT2D eigenvalue weighted by Gasteiger charge is -2.24. The topological polar surface area (TPSA) is 108 Å². The number of unbranched alkanes of at least 4 members (excludes halogenated alkanes) is 27. The maximum absolute atomic E-state index is 12.7. The maximum Gasteiger partial charge on any atom is 0.472 e. The second kappa shape index (κ2) is 44.4. The number of ether oxygens (including phenoxy) is 2. The first kappa shape index (κ1) is 60.2. The van der Waals surface area contributed by atoms with Gasteiger partial charge in [0.1, 0.15) is 19.8 Å². The molecule has 2 atom stereocenters. The predicted molar refractivity (Wildman–Crippen MR) is 261 cm³/mol. The van der Waals surface area contributed by atoms with Crippen LogP contribution in [0, 0.1) is 0 Å². The second-order valence-corrected chi connectivity index (χ2v) is 20.0. The lowest BCUT2D eigenvalue weighted by Crippen LogP contribution is -2.37. The Labute approximate surface area is 382 Å². The van der Waals surface area contributed by atoms with Crippen LogP contribution in [0.2, 0.25) is 0 Å². The molecule has 2 unspecified atom stereocenters. The summed E-state index contributed by atoms with van der Waals surface area (Å²) in [5, 5.41) is 0. The Morgan fingerprint density at radius 2 is 0.871 bits per heavy atom. The molecule has 0 amide bonds. The Morgan fingerprint density at radius 1 is 0.500 bits per heavy atom. The molecule has 0 heterocycles. The number of rotatable bonds is 47. The lowest BCUT2D eigenvalue weighted by atomic mass is 10.0. The number of likely N-dealkylation sites (N-methyl/N-ethyl adjacent to an activating group) is 1. The second-order valence-electron chi connectivity index (χ2n) is 18.6. The number of hydrogen-bond donors (Lipinski definition) is 1. The van der Waals surface area contributed by atoms with Crippen molar-refractivity contribution in [2.24, 2.45) is 0 Å². The Hall–Kier alpha value is -1.77. The molecule has 0 aliphatic carbocycles. The van der Waals surface area contributed by atoms with Crippen molar-refractivity contribution in [3.63, 3.8) is 0 Å². The van der Waals surface area contributed by atoms with Crippen LogP contribution in [0.5, 0.6) is 0 Å². The van der Waals surface area contributed by atoms with Gasteiger partial charge in [0.05, 0.1) is 27.7 Å². The van der Waals surface area contributed by atoms with E-state index in [9.17, 15) is 19.0 Å². The van der Waals surface area contributed by atoms with Gasteiger partial charge < -0.3 is 18.9 Å². The number of allylic oxidation sites excluding steroid dienone is 6. The first-order valence-electron chi connectivity index (χ1n) is 25.7. The minimum Gasteiger partial charge on any atom is -0.462 e. The summed E-state index contributed by atoms with van der Waals surface area (Å²) in [6.45, 7) is 4.33. The van der Waals surface area contributed by atoms with E-state index < -0.39 is 26.5 Å². The van der Waals surface area contributed by atoms with Crippen LogP contribution in [-0.4, -0.2) is 74.9 Å². The molecule has 10 heteroatoms. The van der Waals surface area contributed by atoms with E-state index in [0.29, 0.717) is 17.4 Å². The van der Waals surface area contributed by atoms with E-state index in [1.807, 2.05) is 21.1 Å². The number of carbonyl (C=O) groups excluding carboxylic acids is 2. The van der Waals surface area contributed by atoms with Gasteiger partial charge in [0.2, 0.25) is 0 Å². The van der Waals surface area contributed by atoms with Crippen LogP contribution < -0.4 is 0 Å². The molecule has 0 radical (unpaired) electrons. The fourth-order valence-electron chi connectivity index (χ4n) is 7.14. The van der Waals surface area contributed by atoms with E-state index >= 15 is 0 Å². The smallest absolute Gasteiger partial charge is 0.462 e. The standard InChI is InChI=1S/C52H98NO8P/c1-6-8-10-12-13-14-15-16-17-18-19-20-21-22-23-24-25-26-27-28-29-30-31-32-33-34-35-36-37-38-39-41-43-45-52(55)61-50(48-58-51(54)44-42-40-11-9-7-2)49-60-62(56,57)59-47-46-53(3,4)5/h15-16,18-19,21-22,50H,6-14,17,20,23-49H2,1-5H3/p+1/b16-15-,19-18-,22-21-. The molecule has 1 N–H and O–H groups in total. The Balaban J connectivity index is 3.86. The number of nitrogens with zero attached hydrogens (tertiary/aromatic N) is 1. The van der Waals surface area contributed by atoms with Crippen molar-refractivity contribution in [2.75, 3.05) is 47.5 Å². The summed E-state index contributed by atoms with van der Waals surface area (Å²) < 4.78 is 34.1. The molecular weight excluding hydrogens is 798 g/mol. The fourth-order valence-corrected chi connectivity index (χ4v) is 7.88. The Morgan fingerprint density at radius 3 is 1.29 bits per heavy atom. The zero-order valence-electron chi connectivity index (χ0n) is 41.1. The van der Waals surface area contributed by atoms with E-state index in [1.165, 1.54) is 141 Å². The van der Waals surface area contributed by atoms with Crippen LogP contribution in [0.25, 0.3) is 0 Å². The zero-order chi connectivity index (χ0) is 45.7. The van der Waals surface area contributed by atoms with Crippen LogP contribution in [0.1, 0.15) is 232 Å². The van der Waals surface area contributed by atoms with Crippen molar-refractivity contribution in [3.8, 4) is 0 Å². The quantitative estimate of drug-likeness (QED) is 0.0212. The van der Waals surface area contributed by atoms with E-state index in [1.54, 1.807) is 0 Å². The van der Waals surface area contributed by atoms with E-state index in [-0.39, 0.29) is 32.0 Å². The van der Waals surface area contributed by atoms with Crippen molar-refractivity contribution in [3.05, 3.63) is 36.5 Å². The first-order chi connectivity index (χ1) is 30.0. The molecule has 0 bridgehead atoms. The van der Waals surface area contributed by atoms with Gasteiger partial charge >= 0.3 is 19.8 Å². The first-order valence-corrected chi connectivity index (χ1v) is 27.2. The third kappa shape index (κ3) is 47.7. The molecule has 0 saturated heterocycles. The minimum absolute atomic E-state index is 0.0333. The highest BCUT2D eigenvalue weighted by Crippen LogP contribution is 2.43. The molecular formula is C52H99NO8P+.